The van der Waals surface area contributed by atoms with Gasteiger partial charge in [-0.15, -0.1) is 10.2 Å². The number of halogens is 2. The monoisotopic (exact) mass is 448 g/mol. The predicted octanol–water partition coefficient (Wildman–Crippen LogP) is 6.12. The summed E-state index contributed by atoms with van der Waals surface area (Å²) in [5.74, 6) is 0.397. The SMILES string of the molecule is O=C(NCc1ccc(Cl)c(Cl)c1)c1cccc(Nc2ccc(-c3ccccc3)nn2)c1. The minimum absolute atomic E-state index is 0.194. The van der Waals surface area contributed by atoms with E-state index < -0.39 is 0 Å². The van der Waals surface area contributed by atoms with E-state index in [2.05, 4.69) is 20.8 Å². The van der Waals surface area contributed by atoms with Gasteiger partial charge < -0.3 is 10.6 Å². The third kappa shape index (κ3) is 5.40. The van der Waals surface area contributed by atoms with Crippen LogP contribution in [0, 0.1) is 0 Å². The standard InChI is InChI=1S/C24H18Cl2N4O/c25-20-10-9-16(13-21(20)26)15-27-24(31)18-7-4-8-19(14-18)28-23-12-11-22(29-30-23)17-5-2-1-3-6-17/h1-14H,15H2,(H,27,31)(H,28,30). The van der Waals surface area contributed by atoms with Crippen molar-refractivity contribution in [1.29, 1.82) is 0 Å². The lowest BCUT2D eigenvalue weighted by molar-refractivity contribution is 0.0951. The van der Waals surface area contributed by atoms with Crippen LogP contribution in [0.4, 0.5) is 11.5 Å². The van der Waals surface area contributed by atoms with Gasteiger partial charge in [0, 0.05) is 23.4 Å². The number of rotatable bonds is 6. The summed E-state index contributed by atoms with van der Waals surface area (Å²) in [6.07, 6.45) is 0. The zero-order valence-electron chi connectivity index (χ0n) is 16.3. The Morgan fingerprint density at radius 1 is 0.806 bits per heavy atom. The molecule has 2 N–H and O–H groups in total. The van der Waals surface area contributed by atoms with Gasteiger partial charge in [0.15, 0.2) is 5.82 Å². The molecule has 4 aromatic rings. The number of nitrogens with zero attached hydrogens (tertiary/aromatic N) is 2. The number of amides is 1. The van der Waals surface area contributed by atoms with Gasteiger partial charge in [-0.2, -0.15) is 0 Å². The molecule has 0 spiro atoms. The molecule has 0 aliphatic rings. The topological polar surface area (TPSA) is 66.9 Å². The first-order chi connectivity index (χ1) is 15.1. The normalized spacial score (nSPS) is 10.5. The number of anilines is 2. The molecule has 0 unspecified atom stereocenters. The fourth-order valence-corrected chi connectivity index (χ4v) is 3.30. The van der Waals surface area contributed by atoms with Crippen LogP contribution < -0.4 is 10.6 Å². The lowest BCUT2D eigenvalue weighted by Crippen LogP contribution is -2.22. The van der Waals surface area contributed by atoms with Crippen molar-refractivity contribution in [3.8, 4) is 11.3 Å². The molecule has 0 bridgehead atoms. The molecule has 5 nitrogen and oxygen atoms in total. The Bertz CT molecular complexity index is 1200. The van der Waals surface area contributed by atoms with Crippen LogP contribution in [0.5, 0.6) is 0 Å². The first-order valence-electron chi connectivity index (χ1n) is 9.57. The maximum absolute atomic E-state index is 12.6. The fourth-order valence-electron chi connectivity index (χ4n) is 2.98. The lowest BCUT2D eigenvalue weighted by atomic mass is 10.1. The van der Waals surface area contributed by atoms with Gasteiger partial charge in [-0.1, -0.05) is 65.7 Å². The van der Waals surface area contributed by atoms with E-state index in [1.807, 2.05) is 60.7 Å². The predicted molar refractivity (Wildman–Crippen MR) is 125 cm³/mol. The molecule has 0 atom stereocenters. The van der Waals surface area contributed by atoms with Gasteiger partial charge >= 0.3 is 0 Å². The van der Waals surface area contributed by atoms with E-state index in [9.17, 15) is 4.79 Å². The molecule has 1 aromatic heterocycles. The Morgan fingerprint density at radius 3 is 2.39 bits per heavy atom. The summed E-state index contributed by atoms with van der Waals surface area (Å²) in [5, 5.41) is 15.5. The molecular weight excluding hydrogens is 431 g/mol. The minimum atomic E-state index is -0.194. The molecule has 1 amide bonds. The van der Waals surface area contributed by atoms with Crippen LogP contribution in [0.1, 0.15) is 15.9 Å². The van der Waals surface area contributed by atoms with Crippen molar-refractivity contribution in [3.05, 3.63) is 106 Å². The van der Waals surface area contributed by atoms with Gasteiger partial charge in [0.05, 0.1) is 15.7 Å². The van der Waals surface area contributed by atoms with Crippen LogP contribution in [-0.2, 0) is 6.54 Å². The number of nitrogens with one attached hydrogen (secondary N) is 2. The Morgan fingerprint density at radius 2 is 1.65 bits per heavy atom. The van der Waals surface area contributed by atoms with Gasteiger partial charge in [0.2, 0.25) is 0 Å². The summed E-state index contributed by atoms with van der Waals surface area (Å²) in [5.41, 5.74) is 3.93. The Balaban J connectivity index is 1.40. The van der Waals surface area contributed by atoms with E-state index in [0.717, 1.165) is 22.5 Å². The van der Waals surface area contributed by atoms with Crippen LogP contribution in [0.3, 0.4) is 0 Å². The van der Waals surface area contributed by atoms with Crippen molar-refractivity contribution in [2.75, 3.05) is 5.32 Å². The summed E-state index contributed by atoms with van der Waals surface area (Å²) >= 11 is 12.0. The fraction of sp³-hybridized carbons (Fsp3) is 0.0417. The highest BCUT2D eigenvalue weighted by Crippen LogP contribution is 2.23. The maximum atomic E-state index is 12.6. The molecule has 3 aromatic carbocycles. The number of hydrogen-bond donors (Lipinski definition) is 2. The lowest BCUT2D eigenvalue weighted by Gasteiger charge is -2.09. The molecule has 0 saturated carbocycles. The highest BCUT2D eigenvalue weighted by atomic mass is 35.5. The van der Waals surface area contributed by atoms with Crippen LogP contribution in [0.2, 0.25) is 10.0 Å². The average molecular weight is 449 g/mol. The zero-order chi connectivity index (χ0) is 21.6. The van der Waals surface area contributed by atoms with Crippen LogP contribution >= 0.6 is 23.2 Å². The molecule has 0 fully saturated rings. The van der Waals surface area contributed by atoms with E-state index >= 15 is 0 Å². The Kier molecular flexibility index (Phi) is 6.46. The second kappa shape index (κ2) is 9.60. The van der Waals surface area contributed by atoms with Gasteiger partial charge in [0.25, 0.3) is 5.91 Å². The van der Waals surface area contributed by atoms with Gasteiger partial charge in [-0.3, -0.25) is 4.79 Å². The summed E-state index contributed by atoms with van der Waals surface area (Å²) in [4.78, 5) is 12.6. The second-order valence-corrected chi connectivity index (χ2v) is 7.62. The van der Waals surface area contributed by atoms with Gasteiger partial charge in [0.1, 0.15) is 0 Å². The average Bonchev–Trinajstić information content (AvgIpc) is 2.81. The molecule has 0 aliphatic heterocycles. The highest BCUT2D eigenvalue weighted by molar-refractivity contribution is 6.42. The van der Waals surface area contributed by atoms with E-state index in [4.69, 9.17) is 23.2 Å². The maximum Gasteiger partial charge on any atom is 0.251 e. The van der Waals surface area contributed by atoms with Crippen LogP contribution in [0.25, 0.3) is 11.3 Å². The molecule has 0 saturated heterocycles. The molecule has 154 valence electrons. The van der Waals surface area contributed by atoms with Crippen molar-refractivity contribution in [2.45, 2.75) is 6.54 Å². The summed E-state index contributed by atoms with van der Waals surface area (Å²) < 4.78 is 0. The molecular formula is C24H18Cl2N4O. The van der Waals surface area contributed by atoms with Gasteiger partial charge in [-0.05, 0) is 48.0 Å². The van der Waals surface area contributed by atoms with Crippen molar-refractivity contribution in [3.63, 3.8) is 0 Å². The number of hydrogen-bond acceptors (Lipinski definition) is 4. The van der Waals surface area contributed by atoms with E-state index in [1.54, 1.807) is 24.3 Å². The summed E-state index contributed by atoms with van der Waals surface area (Å²) in [6.45, 7) is 0.347. The van der Waals surface area contributed by atoms with Crippen molar-refractivity contribution >= 4 is 40.6 Å². The Labute approximate surface area is 190 Å². The molecule has 0 aliphatic carbocycles. The van der Waals surface area contributed by atoms with E-state index in [0.29, 0.717) is 28.0 Å². The van der Waals surface area contributed by atoms with Crippen molar-refractivity contribution in [2.24, 2.45) is 0 Å². The first kappa shape index (κ1) is 20.8. The highest BCUT2D eigenvalue weighted by Gasteiger charge is 2.08. The number of benzene rings is 3. The molecule has 0 radical (unpaired) electrons. The molecule has 7 heteroatoms. The summed E-state index contributed by atoms with van der Waals surface area (Å²) in [7, 11) is 0. The smallest absolute Gasteiger partial charge is 0.251 e. The van der Waals surface area contributed by atoms with Crippen molar-refractivity contribution in [1.82, 2.24) is 15.5 Å². The molecule has 1 heterocycles. The summed E-state index contributed by atoms with van der Waals surface area (Å²) in [6, 6.07) is 26.0. The van der Waals surface area contributed by atoms with Crippen LogP contribution in [-0.4, -0.2) is 16.1 Å². The van der Waals surface area contributed by atoms with Gasteiger partial charge in [-0.25, -0.2) is 0 Å². The number of carbonyl (C=O) groups excluding carboxylic acids is 1. The molecule has 4 rings (SSSR count). The second-order valence-electron chi connectivity index (χ2n) is 6.81. The minimum Gasteiger partial charge on any atom is -0.348 e. The van der Waals surface area contributed by atoms with E-state index in [1.165, 1.54) is 0 Å². The first-order valence-corrected chi connectivity index (χ1v) is 10.3. The Hall–Kier alpha value is -3.41. The third-order valence-electron chi connectivity index (χ3n) is 4.57. The third-order valence-corrected chi connectivity index (χ3v) is 5.31. The molecule has 31 heavy (non-hydrogen) atoms. The van der Waals surface area contributed by atoms with Crippen molar-refractivity contribution < 1.29 is 4.79 Å². The van der Waals surface area contributed by atoms with Crippen LogP contribution in [0.15, 0.2) is 84.9 Å². The van der Waals surface area contributed by atoms with E-state index in [-0.39, 0.29) is 5.91 Å². The number of aromatic nitrogens is 2. The number of carbonyl (C=O) groups is 1. The quantitative estimate of drug-likeness (QED) is 0.372. The zero-order valence-corrected chi connectivity index (χ0v) is 17.9. The largest absolute Gasteiger partial charge is 0.348 e.